The fourth-order valence-corrected chi connectivity index (χ4v) is 5.20. The van der Waals surface area contributed by atoms with Gasteiger partial charge in [-0.25, -0.2) is 15.0 Å². The Balaban J connectivity index is 0.000000292. The number of nitrogens with one attached hydrogen (secondary N) is 3. The molecule has 5 heterocycles. The number of aromatic nitrogens is 3. The summed E-state index contributed by atoms with van der Waals surface area (Å²) < 4.78 is 5.66. The number of pyridine rings is 1. The molecule has 206 valence electrons. The summed E-state index contributed by atoms with van der Waals surface area (Å²) in [7, 11) is 1.91. The van der Waals surface area contributed by atoms with Crippen molar-refractivity contribution in [1.29, 1.82) is 0 Å². The lowest BCUT2D eigenvalue weighted by Gasteiger charge is -2.32. The van der Waals surface area contributed by atoms with Crippen LogP contribution in [0.15, 0.2) is 36.7 Å². The van der Waals surface area contributed by atoms with Gasteiger partial charge in [0.25, 0.3) is 0 Å². The second-order valence-corrected chi connectivity index (χ2v) is 10.0. The van der Waals surface area contributed by atoms with Crippen LogP contribution in [0.25, 0.3) is 0 Å². The Bertz CT molecular complexity index is 1260. The third kappa shape index (κ3) is 6.57. The van der Waals surface area contributed by atoms with Crippen molar-refractivity contribution in [2.24, 2.45) is 0 Å². The molecule has 3 aliphatic rings. The number of carbonyl (C=O) groups excluding carboxylic acids is 1. The lowest BCUT2D eigenvalue weighted by atomic mass is 10.0. The highest BCUT2D eigenvalue weighted by Gasteiger charge is 2.24. The van der Waals surface area contributed by atoms with Crippen LogP contribution >= 0.6 is 0 Å². The minimum atomic E-state index is 0.614. The molecule has 6 rings (SSSR count). The van der Waals surface area contributed by atoms with Gasteiger partial charge < -0.3 is 30.4 Å². The molecule has 10 heteroatoms. The molecule has 1 fully saturated rings. The number of benzene rings is 1. The van der Waals surface area contributed by atoms with Gasteiger partial charge in [-0.2, -0.15) is 0 Å². The van der Waals surface area contributed by atoms with Gasteiger partial charge in [-0.15, -0.1) is 0 Å². The van der Waals surface area contributed by atoms with Gasteiger partial charge in [-0.1, -0.05) is 6.42 Å². The summed E-state index contributed by atoms with van der Waals surface area (Å²) in [5, 5.41) is 9.85. The zero-order valence-corrected chi connectivity index (χ0v) is 22.9. The topological polar surface area (TPSA) is 108 Å². The van der Waals surface area contributed by atoms with E-state index in [2.05, 4.69) is 42.6 Å². The first-order valence-electron chi connectivity index (χ1n) is 13.8. The molecule has 0 amide bonds. The predicted octanol–water partition coefficient (Wildman–Crippen LogP) is 4.00. The molecule has 1 saturated heterocycles. The number of carbonyl (C=O) groups is 1. The first-order chi connectivity index (χ1) is 19.1. The summed E-state index contributed by atoms with van der Waals surface area (Å²) in [6.45, 7) is 8.11. The lowest BCUT2D eigenvalue weighted by molar-refractivity contribution is -0.109. The second kappa shape index (κ2) is 12.8. The van der Waals surface area contributed by atoms with Gasteiger partial charge in [0.2, 0.25) is 11.8 Å². The van der Waals surface area contributed by atoms with Crippen LogP contribution in [-0.4, -0.2) is 72.5 Å². The summed E-state index contributed by atoms with van der Waals surface area (Å²) in [6.07, 6.45) is 9.64. The molecule has 10 nitrogen and oxygen atoms in total. The fraction of sp³-hybridized carbons (Fsp3) is 0.448. The maximum atomic E-state index is 10.0. The average Bonchev–Trinajstić information content (AvgIpc) is 2.99. The second-order valence-electron chi connectivity index (χ2n) is 10.0. The van der Waals surface area contributed by atoms with E-state index in [0.29, 0.717) is 25.0 Å². The number of fused-ring (bicyclic) bond motifs is 2. The molecule has 0 radical (unpaired) electrons. The van der Waals surface area contributed by atoms with E-state index in [0.717, 1.165) is 73.9 Å². The number of rotatable bonds is 6. The monoisotopic (exact) mass is 530 g/mol. The Kier molecular flexibility index (Phi) is 8.72. The molecule has 0 bridgehead atoms. The summed E-state index contributed by atoms with van der Waals surface area (Å²) in [5.41, 5.74) is 7.56. The molecular weight excluding hydrogens is 492 g/mol. The number of piperidine rings is 1. The normalized spacial score (nSPS) is 16.4. The molecule has 39 heavy (non-hydrogen) atoms. The van der Waals surface area contributed by atoms with Crippen molar-refractivity contribution in [3.8, 4) is 5.88 Å². The molecular formula is C29H38N8O2. The van der Waals surface area contributed by atoms with E-state index in [-0.39, 0.29) is 0 Å². The van der Waals surface area contributed by atoms with E-state index in [1.807, 2.05) is 43.7 Å². The van der Waals surface area contributed by atoms with Gasteiger partial charge in [0.05, 0.1) is 30.7 Å². The highest BCUT2D eigenvalue weighted by Crippen LogP contribution is 2.36. The Morgan fingerprint density at radius 2 is 1.85 bits per heavy atom. The summed E-state index contributed by atoms with van der Waals surface area (Å²) >= 11 is 0. The Hall–Kier alpha value is -3.92. The number of aldehydes is 1. The average molecular weight is 531 g/mol. The van der Waals surface area contributed by atoms with Crippen molar-refractivity contribution < 1.29 is 9.53 Å². The molecule has 0 unspecified atom stereocenters. The Morgan fingerprint density at radius 3 is 2.62 bits per heavy atom. The van der Waals surface area contributed by atoms with Gasteiger partial charge in [-0.05, 0) is 69.1 Å². The van der Waals surface area contributed by atoms with Crippen LogP contribution in [0.1, 0.15) is 36.1 Å². The Morgan fingerprint density at radius 1 is 1.05 bits per heavy atom. The van der Waals surface area contributed by atoms with Crippen molar-refractivity contribution in [2.75, 3.05) is 67.2 Å². The lowest BCUT2D eigenvalue weighted by Crippen LogP contribution is -2.32. The van der Waals surface area contributed by atoms with Crippen molar-refractivity contribution >= 4 is 35.0 Å². The minimum absolute atomic E-state index is 0.614. The summed E-state index contributed by atoms with van der Waals surface area (Å²) in [5.74, 6) is 1.31. The Labute approximate surface area is 230 Å². The largest absolute Gasteiger partial charge is 0.474 e. The summed E-state index contributed by atoms with van der Waals surface area (Å²) in [6, 6.07) is 8.06. The van der Waals surface area contributed by atoms with E-state index in [4.69, 9.17) is 9.72 Å². The fourth-order valence-electron chi connectivity index (χ4n) is 5.20. The molecule has 3 aromatic rings. The standard InChI is InChI=1S/C22H25N7O.C7H13NO/c1-14-19(12-25-21-20(14)24-8-10-30-21)29-9-7-15-11-26-22(28-18(15)13-29)27-17-5-3-16(23-2)4-6-17;9-7-6-8-4-2-1-3-5-8/h3-6,11-12,23-24H,7-10,13H2,1-2H3,(H,26,27,28);7H,1-6H2. The van der Waals surface area contributed by atoms with Gasteiger partial charge in [0.1, 0.15) is 18.6 Å². The van der Waals surface area contributed by atoms with Crippen LogP contribution in [0.2, 0.25) is 0 Å². The van der Waals surface area contributed by atoms with E-state index >= 15 is 0 Å². The summed E-state index contributed by atoms with van der Waals surface area (Å²) in [4.78, 5) is 28.4. The van der Waals surface area contributed by atoms with Crippen LogP contribution in [0.5, 0.6) is 5.88 Å². The SMILES string of the molecule is CNc1ccc(Nc2ncc3c(n2)CN(c2cnc4c(c2C)NCCO4)CC3)cc1.O=CCN1CCCCC1. The molecule has 0 saturated carbocycles. The van der Waals surface area contributed by atoms with E-state index in [1.54, 1.807) is 0 Å². The molecule has 0 aliphatic carbocycles. The number of anilines is 5. The smallest absolute Gasteiger partial charge is 0.237 e. The molecule has 0 spiro atoms. The van der Waals surface area contributed by atoms with Crippen LogP contribution in [-0.2, 0) is 17.8 Å². The molecule has 2 aromatic heterocycles. The number of hydrogen-bond donors (Lipinski definition) is 3. The zero-order chi connectivity index (χ0) is 27.0. The third-order valence-electron chi connectivity index (χ3n) is 7.42. The third-order valence-corrected chi connectivity index (χ3v) is 7.42. The number of nitrogens with zero attached hydrogens (tertiary/aromatic N) is 5. The zero-order valence-electron chi connectivity index (χ0n) is 22.9. The van der Waals surface area contributed by atoms with Crippen LogP contribution < -0.4 is 25.6 Å². The first-order valence-corrected chi connectivity index (χ1v) is 13.8. The predicted molar refractivity (Wildman–Crippen MR) is 155 cm³/mol. The number of likely N-dealkylation sites (tertiary alicyclic amines) is 1. The number of hydrogen-bond acceptors (Lipinski definition) is 10. The first kappa shape index (κ1) is 26.7. The highest BCUT2D eigenvalue weighted by molar-refractivity contribution is 5.70. The van der Waals surface area contributed by atoms with Crippen LogP contribution in [0, 0.1) is 6.92 Å². The van der Waals surface area contributed by atoms with Crippen molar-refractivity contribution in [3.05, 3.63) is 53.5 Å². The molecule has 3 N–H and O–H groups in total. The van der Waals surface area contributed by atoms with E-state index in [1.165, 1.54) is 30.4 Å². The number of ether oxygens (including phenoxy) is 1. The quantitative estimate of drug-likeness (QED) is 0.405. The van der Waals surface area contributed by atoms with Gasteiger partial charge in [0.15, 0.2) is 0 Å². The highest BCUT2D eigenvalue weighted by atomic mass is 16.5. The van der Waals surface area contributed by atoms with Crippen molar-refractivity contribution in [2.45, 2.75) is 39.2 Å². The van der Waals surface area contributed by atoms with Crippen molar-refractivity contribution in [3.63, 3.8) is 0 Å². The van der Waals surface area contributed by atoms with E-state index < -0.39 is 0 Å². The minimum Gasteiger partial charge on any atom is -0.474 e. The molecule has 0 atom stereocenters. The van der Waals surface area contributed by atoms with E-state index in [9.17, 15) is 4.79 Å². The van der Waals surface area contributed by atoms with Gasteiger partial charge in [-0.3, -0.25) is 4.90 Å². The van der Waals surface area contributed by atoms with Gasteiger partial charge >= 0.3 is 0 Å². The van der Waals surface area contributed by atoms with Crippen molar-refractivity contribution in [1.82, 2.24) is 19.9 Å². The van der Waals surface area contributed by atoms with Crippen LogP contribution in [0.3, 0.4) is 0 Å². The van der Waals surface area contributed by atoms with Gasteiger partial charge in [0, 0.05) is 43.3 Å². The maximum Gasteiger partial charge on any atom is 0.237 e. The molecule has 3 aliphatic heterocycles. The maximum absolute atomic E-state index is 10.0. The van der Waals surface area contributed by atoms with Crippen LogP contribution in [0.4, 0.5) is 28.7 Å². The molecule has 1 aromatic carbocycles.